The number of likely N-dealkylation sites (tertiary alicyclic amines) is 1. The number of aromatic hydroxyl groups is 1. The highest BCUT2D eigenvalue weighted by Crippen LogP contribution is 2.53. The quantitative estimate of drug-likeness (QED) is 0.753. The lowest BCUT2D eigenvalue weighted by atomic mass is 9.90. The van der Waals surface area contributed by atoms with E-state index in [1.807, 2.05) is 49.2 Å². The summed E-state index contributed by atoms with van der Waals surface area (Å²) in [4.78, 5) is 14.0. The van der Waals surface area contributed by atoms with E-state index >= 15 is 0 Å². The third-order valence-electron chi connectivity index (χ3n) is 6.74. The molecule has 0 bridgehead atoms. The molecule has 1 fully saturated rings. The number of aryl methyl sites for hydroxylation is 1. The number of fused-ring (bicyclic) bond motifs is 4. The van der Waals surface area contributed by atoms with Gasteiger partial charge < -0.3 is 24.2 Å². The maximum Gasteiger partial charge on any atom is 0.409 e. The van der Waals surface area contributed by atoms with Crippen LogP contribution in [0.15, 0.2) is 41.5 Å². The number of para-hydroxylation sites is 1. The van der Waals surface area contributed by atoms with E-state index in [4.69, 9.17) is 19.3 Å². The summed E-state index contributed by atoms with van der Waals surface area (Å²) in [6, 6.07) is 11.4. The largest absolute Gasteiger partial charge is 0.507 e. The van der Waals surface area contributed by atoms with Crippen molar-refractivity contribution in [3.8, 4) is 17.2 Å². The van der Waals surface area contributed by atoms with Crippen LogP contribution in [0, 0.1) is 6.92 Å². The maximum absolute atomic E-state index is 12.3. The first-order valence-electron chi connectivity index (χ1n) is 11.4. The van der Waals surface area contributed by atoms with Crippen molar-refractivity contribution in [2.24, 2.45) is 5.10 Å². The molecule has 0 unspecified atom stereocenters. The number of hydrogen-bond acceptors (Lipinski definition) is 7. The van der Waals surface area contributed by atoms with Gasteiger partial charge in [0.1, 0.15) is 5.75 Å². The average Bonchev–Trinajstić information content (AvgIpc) is 3.28. The zero-order valence-electron chi connectivity index (χ0n) is 19.2. The van der Waals surface area contributed by atoms with Gasteiger partial charge in [0, 0.05) is 43.5 Å². The predicted octanol–water partition coefficient (Wildman–Crippen LogP) is 4.20. The molecule has 2 aromatic carbocycles. The zero-order valence-corrected chi connectivity index (χ0v) is 19.2. The molecule has 2 aromatic rings. The first-order valence-corrected chi connectivity index (χ1v) is 11.4. The number of nitrogens with zero attached hydrogens (tertiary/aromatic N) is 3. The topological polar surface area (TPSA) is 83.8 Å². The number of phenols is 1. The number of carbonyl (C=O) groups is 1. The normalized spacial score (nSPS) is 20.6. The molecule has 3 aliphatic heterocycles. The Bertz CT molecular complexity index is 1110. The Labute approximate surface area is 193 Å². The fraction of sp³-hybridized carbons (Fsp3) is 0.440. The highest BCUT2D eigenvalue weighted by molar-refractivity contribution is 6.04. The first-order chi connectivity index (χ1) is 16.0. The Kier molecular flexibility index (Phi) is 5.31. The Morgan fingerprint density at radius 3 is 2.79 bits per heavy atom. The maximum atomic E-state index is 12.3. The lowest BCUT2D eigenvalue weighted by Gasteiger charge is -2.51. The molecule has 0 radical (unpaired) electrons. The number of piperidine rings is 1. The van der Waals surface area contributed by atoms with Gasteiger partial charge in [-0.25, -0.2) is 9.80 Å². The number of ether oxygens (including phenoxy) is 3. The van der Waals surface area contributed by atoms with E-state index < -0.39 is 5.72 Å². The van der Waals surface area contributed by atoms with Gasteiger partial charge in [0.05, 0.1) is 25.5 Å². The molecular formula is C25H29N3O5. The van der Waals surface area contributed by atoms with Crippen LogP contribution in [-0.4, -0.2) is 59.4 Å². The molecule has 1 spiro atoms. The molecule has 5 rings (SSSR count). The Morgan fingerprint density at radius 1 is 1.27 bits per heavy atom. The van der Waals surface area contributed by atoms with E-state index in [9.17, 15) is 9.90 Å². The Morgan fingerprint density at radius 2 is 2.06 bits per heavy atom. The smallest absolute Gasteiger partial charge is 0.409 e. The van der Waals surface area contributed by atoms with E-state index in [1.165, 1.54) is 0 Å². The predicted molar refractivity (Wildman–Crippen MR) is 123 cm³/mol. The number of amides is 1. The third kappa shape index (κ3) is 3.53. The van der Waals surface area contributed by atoms with Gasteiger partial charge in [-0.2, -0.15) is 5.10 Å². The molecule has 174 valence electrons. The Hall–Kier alpha value is -3.42. The van der Waals surface area contributed by atoms with E-state index in [1.54, 1.807) is 18.1 Å². The molecule has 8 heteroatoms. The van der Waals surface area contributed by atoms with Crippen molar-refractivity contribution in [2.75, 3.05) is 26.8 Å². The van der Waals surface area contributed by atoms with Crippen molar-refractivity contribution in [1.82, 2.24) is 9.91 Å². The second kappa shape index (κ2) is 8.17. The van der Waals surface area contributed by atoms with Crippen LogP contribution in [0.25, 0.3) is 0 Å². The van der Waals surface area contributed by atoms with Crippen LogP contribution in [-0.2, 0) is 4.74 Å². The molecule has 0 aliphatic carbocycles. The molecule has 1 atom stereocenters. The van der Waals surface area contributed by atoms with Crippen molar-refractivity contribution < 1.29 is 24.1 Å². The summed E-state index contributed by atoms with van der Waals surface area (Å²) in [5.74, 6) is 1.64. The molecule has 3 heterocycles. The highest BCUT2D eigenvalue weighted by Gasteiger charge is 2.53. The second-order valence-corrected chi connectivity index (χ2v) is 8.74. The summed E-state index contributed by atoms with van der Waals surface area (Å²) in [6.07, 6.45) is 1.50. The fourth-order valence-corrected chi connectivity index (χ4v) is 5.06. The summed E-state index contributed by atoms with van der Waals surface area (Å²) < 4.78 is 17.5. The van der Waals surface area contributed by atoms with Gasteiger partial charge in [-0.1, -0.05) is 23.8 Å². The Balaban J connectivity index is 1.54. The van der Waals surface area contributed by atoms with Crippen LogP contribution >= 0.6 is 0 Å². The van der Waals surface area contributed by atoms with Gasteiger partial charge in [0.15, 0.2) is 11.5 Å². The lowest BCUT2D eigenvalue weighted by molar-refractivity contribution is -0.148. The van der Waals surface area contributed by atoms with Crippen LogP contribution in [0.2, 0.25) is 0 Å². The van der Waals surface area contributed by atoms with Gasteiger partial charge in [-0.3, -0.25) is 0 Å². The van der Waals surface area contributed by atoms with Crippen LogP contribution in [0.3, 0.4) is 0 Å². The van der Waals surface area contributed by atoms with E-state index in [0.717, 1.165) is 28.2 Å². The summed E-state index contributed by atoms with van der Waals surface area (Å²) in [5.41, 5.74) is 2.93. The van der Waals surface area contributed by atoms with Gasteiger partial charge in [-0.05, 0) is 32.0 Å². The molecule has 1 amide bonds. The number of benzene rings is 2. The third-order valence-corrected chi connectivity index (χ3v) is 6.74. The highest BCUT2D eigenvalue weighted by atomic mass is 16.6. The summed E-state index contributed by atoms with van der Waals surface area (Å²) in [7, 11) is 1.64. The minimum absolute atomic E-state index is 0.0482. The van der Waals surface area contributed by atoms with Crippen molar-refractivity contribution in [3.63, 3.8) is 0 Å². The standard InChI is InChI=1S/C25H29N3O5/c1-4-32-24(30)27-12-10-25(11-13-27)28-20(17-6-5-7-22(31-3)23(17)33-25)15-19(26-28)18-14-16(2)8-9-21(18)29/h5-9,14,20,29H,4,10-13,15H2,1-3H3/t20-/m1/s1. The minimum Gasteiger partial charge on any atom is -0.507 e. The van der Waals surface area contributed by atoms with Crippen LogP contribution in [0.4, 0.5) is 4.79 Å². The SMILES string of the molecule is CCOC(=O)N1CCC2(CC1)Oc1c(OC)cccc1[C@H]1CC(c3cc(C)ccc3O)=NN12. The number of methoxy groups -OCH3 is 1. The number of phenolic OH excluding ortho intramolecular Hbond substituents is 1. The van der Waals surface area contributed by atoms with E-state index in [-0.39, 0.29) is 17.9 Å². The molecule has 1 saturated heterocycles. The van der Waals surface area contributed by atoms with Crippen molar-refractivity contribution >= 4 is 11.8 Å². The van der Waals surface area contributed by atoms with E-state index in [2.05, 4.69) is 0 Å². The number of carbonyl (C=O) groups excluding carboxylic acids is 1. The van der Waals surface area contributed by atoms with Crippen molar-refractivity contribution in [3.05, 3.63) is 53.1 Å². The monoisotopic (exact) mass is 451 g/mol. The first kappa shape index (κ1) is 21.4. The number of hydrazone groups is 1. The van der Waals surface area contributed by atoms with Crippen molar-refractivity contribution in [2.45, 2.75) is 44.9 Å². The molecule has 8 nitrogen and oxygen atoms in total. The van der Waals surface area contributed by atoms with Crippen LogP contribution in [0.1, 0.15) is 48.9 Å². The minimum atomic E-state index is -0.712. The number of hydrogen-bond donors (Lipinski definition) is 1. The van der Waals surface area contributed by atoms with Gasteiger partial charge >= 0.3 is 6.09 Å². The van der Waals surface area contributed by atoms with Gasteiger partial charge in [0.25, 0.3) is 0 Å². The van der Waals surface area contributed by atoms with Gasteiger partial charge in [-0.15, -0.1) is 0 Å². The average molecular weight is 452 g/mol. The fourth-order valence-electron chi connectivity index (χ4n) is 5.06. The molecule has 3 aliphatic rings. The molecule has 33 heavy (non-hydrogen) atoms. The summed E-state index contributed by atoms with van der Waals surface area (Å²) >= 11 is 0. The summed E-state index contributed by atoms with van der Waals surface area (Å²) in [5, 5.41) is 17.6. The molecule has 0 aromatic heterocycles. The van der Waals surface area contributed by atoms with Gasteiger partial charge in [0.2, 0.25) is 5.72 Å². The van der Waals surface area contributed by atoms with E-state index in [0.29, 0.717) is 44.7 Å². The molecule has 0 saturated carbocycles. The van der Waals surface area contributed by atoms with Crippen LogP contribution in [0.5, 0.6) is 17.2 Å². The second-order valence-electron chi connectivity index (χ2n) is 8.74. The van der Waals surface area contributed by atoms with Crippen molar-refractivity contribution in [1.29, 1.82) is 0 Å². The molecule has 1 N–H and O–H groups in total. The summed E-state index contributed by atoms with van der Waals surface area (Å²) in [6.45, 7) is 5.17. The lowest BCUT2D eigenvalue weighted by Crippen LogP contribution is -2.59. The van der Waals surface area contributed by atoms with Crippen LogP contribution < -0.4 is 9.47 Å². The number of rotatable bonds is 3. The zero-order chi connectivity index (χ0) is 23.2. The molecular weight excluding hydrogens is 422 g/mol.